The van der Waals surface area contributed by atoms with Crippen LogP contribution in [0.5, 0.6) is 0 Å². The number of piperazine rings is 1. The third-order valence-corrected chi connectivity index (χ3v) is 6.77. The van der Waals surface area contributed by atoms with E-state index in [-0.39, 0.29) is 11.8 Å². The van der Waals surface area contributed by atoms with Crippen molar-refractivity contribution in [2.45, 2.75) is 31.3 Å². The lowest BCUT2D eigenvalue weighted by molar-refractivity contribution is -0.138. The summed E-state index contributed by atoms with van der Waals surface area (Å²) < 4.78 is 1.89. The van der Waals surface area contributed by atoms with E-state index >= 15 is 0 Å². The van der Waals surface area contributed by atoms with Gasteiger partial charge in [-0.3, -0.25) is 14.2 Å². The van der Waals surface area contributed by atoms with Gasteiger partial charge in [0.25, 0.3) is 0 Å². The molecule has 1 fully saturated rings. The van der Waals surface area contributed by atoms with Crippen molar-refractivity contribution in [1.82, 2.24) is 24.6 Å². The quantitative estimate of drug-likeness (QED) is 0.479. The van der Waals surface area contributed by atoms with E-state index < -0.39 is 0 Å². The minimum atomic E-state index is 0.0645. The summed E-state index contributed by atoms with van der Waals surface area (Å²) in [6.45, 7) is 4.39. The summed E-state index contributed by atoms with van der Waals surface area (Å²) in [4.78, 5) is 29.0. The number of hydrogen-bond acceptors (Lipinski definition) is 5. The highest BCUT2D eigenvalue weighted by molar-refractivity contribution is 7.99. The van der Waals surface area contributed by atoms with Gasteiger partial charge in [0.2, 0.25) is 11.8 Å². The van der Waals surface area contributed by atoms with Crippen molar-refractivity contribution in [2.75, 3.05) is 31.9 Å². The Morgan fingerprint density at radius 1 is 0.909 bits per heavy atom. The van der Waals surface area contributed by atoms with E-state index in [0.717, 1.165) is 18.5 Å². The lowest BCUT2D eigenvalue weighted by Gasteiger charge is -2.34. The fourth-order valence-corrected chi connectivity index (χ4v) is 4.71. The normalized spacial score (nSPS) is 13.8. The second-order valence-corrected chi connectivity index (χ2v) is 9.15. The van der Waals surface area contributed by atoms with E-state index in [2.05, 4.69) is 22.3 Å². The molecule has 0 spiro atoms. The van der Waals surface area contributed by atoms with Crippen LogP contribution in [0.4, 0.5) is 0 Å². The highest BCUT2D eigenvalue weighted by atomic mass is 32.2. The summed E-state index contributed by atoms with van der Waals surface area (Å²) in [6, 6.07) is 18.3. The van der Waals surface area contributed by atoms with Crippen molar-refractivity contribution in [1.29, 1.82) is 0 Å². The third-order valence-electron chi connectivity index (χ3n) is 5.84. The number of hydrogen-bond donors (Lipinski definition) is 0. The van der Waals surface area contributed by atoms with Gasteiger partial charge in [-0.15, -0.1) is 10.2 Å². The Morgan fingerprint density at radius 2 is 1.58 bits per heavy atom. The van der Waals surface area contributed by atoms with Gasteiger partial charge in [0.15, 0.2) is 5.16 Å². The average Bonchev–Trinajstić information content (AvgIpc) is 3.32. The Bertz CT molecular complexity index is 1060. The monoisotopic (exact) mass is 463 g/mol. The Hall–Kier alpha value is -3.13. The summed E-state index contributed by atoms with van der Waals surface area (Å²) in [5.41, 5.74) is 3.42. The number of carbonyl (C=O) groups excluding carboxylic acids is 2. The molecule has 1 aromatic heterocycles. The number of rotatable bonds is 8. The maximum absolute atomic E-state index is 12.7. The Labute approximate surface area is 198 Å². The van der Waals surface area contributed by atoms with Crippen LogP contribution in [0.3, 0.4) is 0 Å². The molecule has 1 aliphatic rings. The van der Waals surface area contributed by atoms with Gasteiger partial charge >= 0.3 is 0 Å². The SMILES string of the molecule is Cc1ccc(-n2cnnc2SCC(=O)N2CCN(C(=O)CCCc3ccccc3)CC2)cc1. The average molecular weight is 464 g/mol. The number of nitrogens with zero attached hydrogens (tertiary/aromatic N) is 5. The molecule has 33 heavy (non-hydrogen) atoms. The molecule has 1 aliphatic heterocycles. The van der Waals surface area contributed by atoms with Gasteiger partial charge in [-0.25, -0.2) is 0 Å². The molecule has 0 N–H and O–H groups in total. The zero-order valence-corrected chi connectivity index (χ0v) is 19.7. The van der Waals surface area contributed by atoms with Crippen LogP contribution in [0.1, 0.15) is 24.0 Å². The third kappa shape index (κ3) is 6.22. The highest BCUT2D eigenvalue weighted by Gasteiger charge is 2.24. The Kier molecular flexibility index (Phi) is 7.78. The van der Waals surface area contributed by atoms with E-state index in [9.17, 15) is 9.59 Å². The molecule has 0 atom stereocenters. The van der Waals surface area contributed by atoms with Gasteiger partial charge in [0, 0.05) is 38.3 Å². The van der Waals surface area contributed by atoms with Gasteiger partial charge in [-0.2, -0.15) is 0 Å². The molecule has 0 bridgehead atoms. The summed E-state index contributed by atoms with van der Waals surface area (Å²) in [6.07, 6.45) is 3.97. The Balaban J connectivity index is 1.20. The van der Waals surface area contributed by atoms with E-state index in [1.54, 1.807) is 6.33 Å². The van der Waals surface area contributed by atoms with Gasteiger partial charge in [0.05, 0.1) is 5.75 Å². The number of benzene rings is 2. The number of aromatic nitrogens is 3. The fourth-order valence-electron chi connectivity index (χ4n) is 3.87. The predicted octanol–water partition coefficient (Wildman–Crippen LogP) is 3.36. The molecule has 4 rings (SSSR count). The first-order valence-electron chi connectivity index (χ1n) is 11.3. The van der Waals surface area contributed by atoms with Gasteiger partial charge in [-0.05, 0) is 37.5 Å². The van der Waals surface area contributed by atoms with Gasteiger partial charge in [-0.1, -0.05) is 59.8 Å². The van der Waals surface area contributed by atoms with E-state index in [0.29, 0.717) is 43.5 Å². The smallest absolute Gasteiger partial charge is 0.233 e. The number of carbonyl (C=O) groups is 2. The first-order chi connectivity index (χ1) is 16.1. The first kappa shape index (κ1) is 23.0. The number of thioether (sulfide) groups is 1. The zero-order chi connectivity index (χ0) is 23.0. The molecule has 8 heteroatoms. The molecule has 2 aromatic carbocycles. The van der Waals surface area contributed by atoms with Crippen LogP contribution >= 0.6 is 11.8 Å². The largest absolute Gasteiger partial charge is 0.339 e. The van der Waals surface area contributed by atoms with Gasteiger partial charge < -0.3 is 9.80 Å². The summed E-state index contributed by atoms with van der Waals surface area (Å²) >= 11 is 1.39. The van der Waals surface area contributed by atoms with Crippen LogP contribution in [0.25, 0.3) is 5.69 Å². The Morgan fingerprint density at radius 3 is 2.27 bits per heavy atom. The van der Waals surface area contributed by atoms with Crippen molar-refractivity contribution in [2.24, 2.45) is 0 Å². The summed E-state index contributed by atoms with van der Waals surface area (Å²) in [7, 11) is 0. The van der Waals surface area contributed by atoms with Crippen molar-refractivity contribution in [3.63, 3.8) is 0 Å². The van der Waals surface area contributed by atoms with Crippen molar-refractivity contribution in [3.05, 3.63) is 72.1 Å². The van der Waals surface area contributed by atoms with Crippen molar-refractivity contribution >= 4 is 23.6 Å². The lowest BCUT2D eigenvalue weighted by atomic mass is 10.1. The van der Waals surface area contributed by atoms with E-state index in [1.807, 2.05) is 63.8 Å². The van der Waals surface area contributed by atoms with E-state index in [4.69, 9.17) is 0 Å². The number of aryl methyl sites for hydroxylation is 2. The number of amides is 2. The molecule has 2 amide bonds. The fraction of sp³-hybridized carbons (Fsp3) is 0.360. The molecule has 0 saturated carbocycles. The molecule has 0 radical (unpaired) electrons. The van der Waals surface area contributed by atoms with Crippen LogP contribution in [-0.2, 0) is 16.0 Å². The molecule has 0 aliphatic carbocycles. The van der Waals surface area contributed by atoms with Crippen molar-refractivity contribution in [3.8, 4) is 5.69 Å². The summed E-state index contributed by atoms with van der Waals surface area (Å²) in [5.74, 6) is 0.545. The molecule has 1 saturated heterocycles. The molecular weight excluding hydrogens is 434 g/mol. The van der Waals surface area contributed by atoms with E-state index in [1.165, 1.54) is 22.9 Å². The van der Waals surface area contributed by atoms with Gasteiger partial charge in [0.1, 0.15) is 6.33 Å². The summed E-state index contributed by atoms with van der Waals surface area (Å²) in [5, 5.41) is 8.87. The van der Waals surface area contributed by atoms with Crippen LogP contribution < -0.4 is 0 Å². The highest BCUT2D eigenvalue weighted by Crippen LogP contribution is 2.20. The zero-order valence-electron chi connectivity index (χ0n) is 18.9. The second-order valence-electron chi connectivity index (χ2n) is 8.21. The minimum Gasteiger partial charge on any atom is -0.339 e. The standard InChI is InChI=1S/C25H29N5O2S/c1-20-10-12-22(13-11-20)30-19-26-27-25(30)33-18-24(32)29-16-14-28(15-17-29)23(31)9-5-8-21-6-3-2-4-7-21/h2-4,6-7,10-13,19H,5,8-9,14-18H2,1H3. The van der Waals surface area contributed by atoms with Crippen LogP contribution in [0.2, 0.25) is 0 Å². The minimum absolute atomic E-state index is 0.0645. The first-order valence-corrected chi connectivity index (χ1v) is 12.3. The topological polar surface area (TPSA) is 71.3 Å². The molecule has 7 nitrogen and oxygen atoms in total. The van der Waals surface area contributed by atoms with Crippen LogP contribution in [-0.4, -0.2) is 68.3 Å². The molecular formula is C25H29N5O2S. The van der Waals surface area contributed by atoms with Crippen LogP contribution in [0.15, 0.2) is 66.1 Å². The molecule has 3 aromatic rings. The second kappa shape index (κ2) is 11.1. The predicted molar refractivity (Wildman–Crippen MR) is 129 cm³/mol. The molecule has 0 unspecified atom stereocenters. The van der Waals surface area contributed by atoms with Crippen molar-refractivity contribution < 1.29 is 9.59 Å². The lowest BCUT2D eigenvalue weighted by Crippen LogP contribution is -2.51. The molecule has 2 heterocycles. The maximum Gasteiger partial charge on any atom is 0.233 e. The van der Waals surface area contributed by atoms with Crippen LogP contribution in [0, 0.1) is 6.92 Å². The molecule has 172 valence electrons. The maximum atomic E-state index is 12.7.